The van der Waals surface area contributed by atoms with Crippen LogP contribution in [0.4, 0.5) is 5.82 Å². The molecule has 3 aromatic rings. The number of nitrogens with zero attached hydrogens (tertiary/aromatic N) is 6. The van der Waals surface area contributed by atoms with Crippen molar-refractivity contribution in [3.8, 4) is 5.75 Å². The van der Waals surface area contributed by atoms with Gasteiger partial charge in [0.15, 0.2) is 0 Å². The molecule has 220 valence electrons. The lowest BCUT2D eigenvalue weighted by Gasteiger charge is -2.54. The number of halogens is 1. The molecule has 0 radical (unpaired) electrons. The highest BCUT2D eigenvalue weighted by atomic mass is 79.9. The van der Waals surface area contributed by atoms with E-state index in [4.69, 9.17) is 0 Å². The molecule has 2 aromatic carbocycles. The van der Waals surface area contributed by atoms with Gasteiger partial charge in [0.25, 0.3) is 0 Å². The smallest absolute Gasteiger partial charge is 0.246 e. The molecule has 0 aliphatic carbocycles. The number of piperazine rings is 1. The fourth-order valence-corrected chi connectivity index (χ4v) is 6.24. The van der Waals surface area contributed by atoms with E-state index in [9.17, 15) is 19.5 Å². The molecule has 2 saturated heterocycles. The Bertz CT molecular complexity index is 1470. The molecule has 11 heteroatoms. The Labute approximate surface area is 254 Å². The SMILES string of the molecule is CN(C)c1ncccc1CN1CC2N(C(=O)CN(C)N2C(=O)CCc2cccc(Br)c2)[C@@H](Cc2ccc(O)cc2)C1=O. The van der Waals surface area contributed by atoms with Crippen LogP contribution in [0, 0.1) is 0 Å². The number of amides is 3. The van der Waals surface area contributed by atoms with E-state index < -0.39 is 12.2 Å². The zero-order valence-corrected chi connectivity index (χ0v) is 25.6. The number of phenols is 1. The maximum Gasteiger partial charge on any atom is 0.246 e. The van der Waals surface area contributed by atoms with Crippen molar-refractivity contribution in [2.45, 2.75) is 38.0 Å². The third-order valence-electron chi connectivity index (χ3n) is 7.73. The maximum absolute atomic E-state index is 14.1. The summed E-state index contributed by atoms with van der Waals surface area (Å²) in [6, 6.07) is 17.5. The molecule has 2 aliphatic rings. The summed E-state index contributed by atoms with van der Waals surface area (Å²) >= 11 is 3.49. The van der Waals surface area contributed by atoms with Crippen LogP contribution >= 0.6 is 15.9 Å². The maximum atomic E-state index is 14.1. The largest absolute Gasteiger partial charge is 0.508 e. The molecule has 0 spiro atoms. The van der Waals surface area contributed by atoms with Crippen molar-refractivity contribution < 1.29 is 19.5 Å². The quantitative estimate of drug-likeness (QED) is 0.407. The number of aryl methyl sites for hydroxylation is 1. The molecular formula is C31H35BrN6O4. The van der Waals surface area contributed by atoms with Crippen molar-refractivity contribution in [1.29, 1.82) is 0 Å². The molecular weight excluding hydrogens is 600 g/mol. The number of aromatic hydroxyl groups is 1. The van der Waals surface area contributed by atoms with Gasteiger partial charge in [-0.2, -0.15) is 0 Å². The van der Waals surface area contributed by atoms with E-state index in [0.29, 0.717) is 6.42 Å². The molecule has 0 bridgehead atoms. The van der Waals surface area contributed by atoms with Crippen LogP contribution in [0.3, 0.4) is 0 Å². The molecule has 42 heavy (non-hydrogen) atoms. The second-order valence-electron chi connectivity index (χ2n) is 11.0. The summed E-state index contributed by atoms with van der Waals surface area (Å²) in [6.07, 6.45) is 2.11. The van der Waals surface area contributed by atoms with Gasteiger partial charge in [-0.25, -0.2) is 9.99 Å². The first-order chi connectivity index (χ1) is 20.1. The standard InChI is InChI=1S/C31H35BrN6O4/c1-34(2)30-23(7-5-15-33-30)18-36-19-27-37(26(31(36)42)17-22-9-12-25(39)13-10-22)29(41)20-35(3)38(27)28(40)14-11-21-6-4-8-24(32)16-21/h4-10,12-13,15-16,26-27,39H,11,14,17-20H2,1-3H3/t26-,27?/m0/s1. The molecule has 2 aliphatic heterocycles. The Morgan fingerprint density at radius 3 is 2.55 bits per heavy atom. The third-order valence-corrected chi connectivity index (χ3v) is 8.22. The summed E-state index contributed by atoms with van der Waals surface area (Å²) in [7, 11) is 5.55. The topological polar surface area (TPSA) is 101 Å². The van der Waals surface area contributed by atoms with Crippen LogP contribution in [0.15, 0.2) is 71.3 Å². The van der Waals surface area contributed by atoms with Gasteiger partial charge in [0.2, 0.25) is 17.7 Å². The van der Waals surface area contributed by atoms with Crippen molar-refractivity contribution in [2.24, 2.45) is 0 Å². The van der Waals surface area contributed by atoms with E-state index in [1.165, 1.54) is 0 Å². The number of anilines is 1. The molecule has 10 nitrogen and oxygen atoms in total. The summed E-state index contributed by atoms with van der Waals surface area (Å²) in [5, 5.41) is 13.1. The number of phenolic OH excluding ortho intramolecular Hbond substituents is 1. The van der Waals surface area contributed by atoms with Crippen LogP contribution in [0.25, 0.3) is 0 Å². The zero-order chi connectivity index (χ0) is 30.0. The Morgan fingerprint density at radius 1 is 1.07 bits per heavy atom. The lowest BCUT2D eigenvalue weighted by molar-refractivity contribution is -0.202. The van der Waals surface area contributed by atoms with Gasteiger partial charge in [-0.05, 0) is 47.9 Å². The summed E-state index contributed by atoms with van der Waals surface area (Å²) in [6.45, 7) is 0.450. The van der Waals surface area contributed by atoms with Gasteiger partial charge in [0.1, 0.15) is 23.8 Å². The zero-order valence-electron chi connectivity index (χ0n) is 24.0. The monoisotopic (exact) mass is 634 g/mol. The van der Waals surface area contributed by atoms with Gasteiger partial charge in [0, 0.05) is 56.8 Å². The van der Waals surface area contributed by atoms with Crippen molar-refractivity contribution in [3.63, 3.8) is 0 Å². The van der Waals surface area contributed by atoms with Crippen LogP contribution < -0.4 is 4.90 Å². The number of hydrazine groups is 1. The van der Waals surface area contributed by atoms with Crippen molar-refractivity contribution in [2.75, 3.05) is 39.1 Å². The number of carbonyl (C=O) groups excluding carboxylic acids is 3. The lowest BCUT2D eigenvalue weighted by atomic mass is 9.98. The van der Waals surface area contributed by atoms with Crippen molar-refractivity contribution >= 4 is 39.5 Å². The highest BCUT2D eigenvalue weighted by Gasteiger charge is 2.50. The summed E-state index contributed by atoms with van der Waals surface area (Å²) in [5.41, 5.74) is 2.71. The van der Waals surface area contributed by atoms with Gasteiger partial charge in [-0.15, -0.1) is 0 Å². The second-order valence-corrected chi connectivity index (χ2v) is 11.9. The number of carbonyl (C=O) groups is 3. The fourth-order valence-electron chi connectivity index (χ4n) is 5.79. The number of benzene rings is 2. The van der Waals surface area contributed by atoms with Crippen LogP contribution in [-0.2, 0) is 33.8 Å². The predicted molar refractivity (Wildman–Crippen MR) is 162 cm³/mol. The van der Waals surface area contributed by atoms with E-state index >= 15 is 0 Å². The minimum atomic E-state index is -0.811. The van der Waals surface area contributed by atoms with E-state index in [-0.39, 0.29) is 55.9 Å². The second kappa shape index (κ2) is 12.5. The van der Waals surface area contributed by atoms with Gasteiger partial charge in [0.05, 0.1) is 13.1 Å². The third kappa shape index (κ3) is 6.27. The minimum absolute atomic E-state index is 0.00807. The van der Waals surface area contributed by atoms with Gasteiger partial charge in [-0.3, -0.25) is 19.4 Å². The highest BCUT2D eigenvalue weighted by Crippen LogP contribution is 2.30. The average Bonchev–Trinajstić information content (AvgIpc) is 2.95. The number of likely N-dealkylation sites (N-methyl/N-ethyl adjacent to an activating group) is 1. The Kier molecular flexibility index (Phi) is 8.79. The van der Waals surface area contributed by atoms with Crippen molar-refractivity contribution in [3.05, 3.63) is 88.0 Å². The fraction of sp³-hybridized carbons (Fsp3) is 0.355. The number of aromatic nitrogens is 1. The van der Waals surface area contributed by atoms with Gasteiger partial charge >= 0.3 is 0 Å². The summed E-state index contributed by atoms with van der Waals surface area (Å²) < 4.78 is 0.949. The number of fused-ring (bicyclic) bond motifs is 1. The molecule has 1 aromatic heterocycles. The average molecular weight is 636 g/mol. The molecule has 1 unspecified atom stereocenters. The Balaban J connectivity index is 1.48. The normalized spacial score (nSPS) is 19.2. The molecule has 3 amide bonds. The summed E-state index contributed by atoms with van der Waals surface area (Å²) in [5.74, 6) is 0.367. The van der Waals surface area contributed by atoms with Crippen LogP contribution in [0.2, 0.25) is 0 Å². The van der Waals surface area contributed by atoms with E-state index in [1.807, 2.05) is 55.4 Å². The Hall–Kier alpha value is -3.96. The number of pyridine rings is 1. The first kappa shape index (κ1) is 29.5. The van der Waals surface area contributed by atoms with Crippen LogP contribution in [0.1, 0.15) is 23.1 Å². The molecule has 3 heterocycles. The first-order valence-electron chi connectivity index (χ1n) is 13.9. The van der Waals surface area contributed by atoms with E-state index in [0.717, 1.165) is 27.0 Å². The van der Waals surface area contributed by atoms with Crippen LogP contribution in [-0.4, -0.2) is 94.1 Å². The number of hydrogen-bond acceptors (Lipinski definition) is 7. The van der Waals surface area contributed by atoms with E-state index in [2.05, 4.69) is 20.9 Å². The summed E-state index contributed by atoms with van der Waals surface area (Å²) in [4.78, 5) is 51.2. The Morgan fingerprint density at radius 2 is 1.83 bits per heavy atom. The molecule has 5 rings (SSSR count). The number of rotatable bonds is 8. The predicted octanol–water partition coefficient (Wildman–Crippen LogP) is 3.05. The van der Waals surface area contributed by atoms with E-state index in [1.54, 1.807) is 57.3 Å². The lowest BCUT2D eigenvalue weighted by Crippen LogP contribution is -2.75. The van der Waals surface area contributed by atoms with Crippen LogP contribution in [0.5, 0.6) is 5.75 Å². The van der Waals surface area contributed by atoms with Gasteiger partial charge < -0.3 is 19.8 Å². The highest BCUT2D eigenvalue weighted by molar-refractivity contribution is 9.10. The molecule has 1 N–H and O–H groups in total. The molecule has 2 fully saturated rings. The first-order valence-corrected chi connectivity index (χ1v) is 14.7. The number of hydrogen-bond donors (Lipinski definition) is 1. The van der Waals surface area contributed by atoms with Gasteiger partial charge in [-0.1, -0.05) is 46.3 Å². The molecule has 2 atom stereocenters. The molecule has 0 saturated carbocycles. The minimum Gasteiger partial charge on any atom is -0.508 e. The van der Waals surface area contributed by atoms with Crippen molar-refractivity contribution in [1.82, 2.24) is 24.8 Å².